The van der Waals surface area contributed by atoms with Crippen LogP contribution in [0.25, 0.3) is 0 Å². The van der Waals surface area contributed by atoms with Crippen LogP contribution in [0.15, 0.2) is 16.5 Å². The molecular weight excluding hydrogens is 304 g/mol. The number of furan rings is 1. The Labute approximate surface area is 136 Å². The first-order valence-corrected chi connectivity index (χ1v) is 8.38. The predicted molar refractivity (Wildman–Crippen MR) is 86.3 cm³/mol. The molecule has 0 bridgehead atoms. The first kappa shape index (κ1) is 17.3. The van der Waals surface area contributed by atoms with E-state index in [-0.39, 0.29) is 16.9 Å². The van der Waals surface area contributed by atoms with Crippen LogP contribution >= 0.6 is 11.6 Å². The second-order valence-corrected chi connectivity index (χ2v) is 5.98. The van der Waals surface area contributed by atoms with Crippen LogP contribution in [-0.2, 0) is 4.74 Å². The van der Waals surface area contributed by atoms with Crippen molar-refractivity contribution in [1.29, 1.82) is 0 Å². The lowest BCUT2D eigenvalue weighted by Crippen LogP contribution is -2.52. The highest BCUT2D eigenvalue weighted by Crippen LogP contribution is 2.20. The van der Waals surface area contributed by atoms with E-state index in [9.17, 15) is 4.79 Å². The number of carbonyl (C=O) groups excluding carboxylic acids is 1. The Hall–Kier alpha value is -1.04. The third-order valence-electron chi connectivity index (χ3n) is 4.38. The van der Waals surface area contributed by atoms with E-state index in [4.69, 9.17) is 20.8 Å². The van der Waals surface area contributed by atoms with Gasteiger partial charge in [-0.1, -0.05) is 26.7 Å². The first-order chi connectivity index (χ1) is 10.7. The number of morpholine rings is 1. The molecule has 1 fully saturated rings. The van der Waals surface area contributed by atoms with E-state index in [1.54, 1.807) is 12.1 Å². The fraction of sp³-hybridized carbons (Fsp3) is 0.688. The van der Waals surface area contributed by atoms with Crippen molar-refractivity contribution in [3.63, 3.8) is 0 Å². The van der Waals surface area contributed by atoms with E-state index in [2.05, 4.69) is 24.1 Å². The highest BCUT2D eigenvalue weighted by atomic mass is 35.5. The average Bonchev–Trinajstić information content (AvgIpc) is 2.98. The number of ether oxygens (including phenoxy) is 1. The van der Waals surface area contributed by atoms with Crippen LogP contribution in [0.5, 0.6) is 0 Å². The van der Waals surface area contributed by atoms with Gasteiger partial charge in [0.1, 0.15) is 0 Å². The molecule has 1 saturated heterocycles. The van der Waals surface area contributed by atoms with Crippen LogP contribution in [0.3, 0.4) is 0 Å². The number of hydrogen-bond acceptors (Lipinski definition) is 4. The predicted octanol–water partition coefficient (Wildman–Crippen LogP) is 2.80. The summed E-state index contributed by atoms with van der Waals surface area (Å²) in [6, 6.07) is 3.50. The van der Waals surface area contributed by atoms with Crippen molar-refractivity contribution < 1.29 is 13.9 Å². The second-order valence-electron chi connectivity index (χ2n) is 5.61. The van der Waals surface area contributed by atoms with Crippen molar-refractivity contribution in [3.05, 3.63) is 23.1 Å². The second kappa shape index (κ2) is 8.56. The lowest BCUT2D eigenvalue weighted by molar-refractivity contribution is 0.00185. The summed E-state index contributed by atoms with van der Waals surface area (Å²) in [4.78, 5) is 14.6. The maximum atomic E-state index is 12.1. The number of hydrogen-bond donors (Lipinski definition) is 1. The van der Waals surface area contributed by atoms with Crippen LogP contribution in [-0.4, -0.2) is 49.7 Å². The highest BCUT2D eigenvalue weighted by Gasteiger charge is 2.27. The van der Waals surface area contributed by atoms with E-state index in [1.807, 2.05) is 0 Å². The Kier molecular flexibility index (Phi) is 6.73. The summed E-state index contributed by atoms with van der Waals surface area (Å²) < 4.78 is 10.6. The molecule has 0 aromatic carbocycles. The van der Waals surface area contributed by atoms with Gasteiger partial charge in [0.05, 0.1) is 13.2 Å². The number of carbonyl (C=O) groups is 1. The quantitative estimate of drug-likeness (QED) is 0.836. The lowest BCUT2D eigenvalue weighted by atomic mass is 9.92. The van der Waals surface area contributed by atoms with Crippen molar-refractivity contribution in [3.8, 4) is 0 Å². The van der Waals surface area contributed by atoms with E-state index in [0.717, 1.165) is 39.1 Å². The molecule has 2 heterocycles. The van der Waals surface area contributed by atoms with Crippen molar-refractivity contribution >= 4 is 17.5 Å². The molecule has 0 radical (unpaired) electrons. The lowest BCUT2D eigenvalue weighted by Gasteiger charge is -2.38. The molecule has 0 unspecified atom stereocenters. The van der Waals surface area contributed by atoms with Gasteiger partial charge < -0.3 is 14.5 Å². The number of nitrogens with one attached hydrogen (secondary N) is 1. The van der Waals surface area contributed by atoms with Gasteiger partial charge in [0, 0.05) is 25.7 Å². The molecule has 2 rings (SSSR count). The van der Waals surface area contributed by atoms with E-state index < -0.39 is 0 Å². The van der Waals surface area contributed by atoms with Crippen LogP contribution in [0.4, 0.5) is 0 Å². The number of rotatable bonds is 7. The van der Waals surface area contributed by atoms with Gasteiger partial charge in [-0.25, -0.2) is 0 Å². The molecular formula is C16H25ClN2O3. The molecule has 1 aromatic heterocycles. The van der Waals surface area contributed by atoms with Gasteiger partial charge in [0.25, 0.3) is 5.91 Å². The van der Waals surface area contributed by atoms with Gasteiger partial charge in [0.2, 0.25) is 0 Å². The van der Waals surface area contributed by atoms with Gasteiger partial charge >= 0.3 is 0 Å². The van der Waals surface area contributed by atoms with Crippen LogP contribution in [0, 0.1) is 5.92 Å². The summed E-state index contributed by atoms with van der Waals surface area (Å²) in [5.41, 5.74) is 0. The van der Waals surface area contributed by atoms with Gasteiger partial charge in [-0.3, -0.25) is 9.69 Å². The fourth-order valence-corrected chi connectivity index (χ4v) is 3.20. The zero-order valence-electron chi connectivity index (χ0n) is 13.3. The molecule has 1 N–H and O–H groups in total. The van der Waals surface area contributed by atoms with E-state index in [0.29, 0.717) is 18.5 Å². The maximum absolute atomic E-state index is 12.1. The minimum Gasteiger partial charge on any atom is -0.440 e. The Morgan fingerprint density at radius 3 is 2.55 bits per heavy atom. The average molecular weight is 329 g/mol. The molecule has 5 nitrogen and oxygen atoms in total. The summed E-state index contributed by atoms with van der Waals surface area (Å²) in [6.45, 7) is 8.39. The minimum absolute atomic E-state index is 0.212. The monoisotopic (exact) mass is 328 g/mol. The molecule has 0 aliphatic carbocycles. The zero-order chi connectivity index (χ0) is 15.9. The Balaban J connectivity index is 1.97. The molecule has 6 heteroatoms. The Morgan fingerprint density at radius 2 is 2.00 bits per heavy atom. The largest absolute Gasteiger partial charge is 0.440 e. The van der Waals surface area contributed by atoms with Crippen LogP contribution in [0.2, 0.25) is 5.22 Å². The maximum Gasteiger partial charge on any atom is 0.287 e. The van der Waals surface area contributed by atoms with Gasteiger partial charge in [-0.2, -0.15) is 0 Å². The standard InChI is InChI=1S/C16H25ClN2O3/c1-3-12(4-2)13(19-7-9-21-10-8-19)11-18-16(20)14-5-6-15(17)22-14/h5-6,12-13H,3-4,7-11H2,1-2H3,(H,18,20)/t13-/m1/s1. The molecule has 1 aromatic rings. The minimum atomic E-state index is -0.212. The Bertz CT molecular complexity index is 468. The van der Waals surface area contributed by atoms with Crippen molar-refractivity contribution in [2.24, 2.45) is 5.92 Å². The Morgan fingerprint density at radius 1 is 1.32 bits per heavy atom. The molecule has 0 spiro atoms. The third kappa shape index (κ3) is 4.48. The summed E-state index contributed by atoms with van der Waals surface area (Å²) >= 11 is 5.72. The van der Waals surface area contributed by atoms with E-state index in [1.165, 1.54) is 0 Å². The molecule has 1 aliphatic heterocycles. The smallest absolute Gasteiger partial charge is 0.287 e. The fourth-order valence-electron chi connectivity index (χ4n) is 3.06. The van der Waals surface area contributed by atoms with Gasteiger partial charge in [-0.15, -0.1) is 0 Å². The van der Waals surface area contributed by atoms with Gasteiger partial charge in [0.15, 0.2) is 11.0 Å². The summed E-state index contributed by atoms with van der Waals surface area (Å²) in [7, 11) is 0. The molecule has 0 saturated carbocycles. The highest BCUT2D eigenvalue weighted by molar-refractivity contribution is 6.29. The first-order valence-electron chi connectivity index (χ1n) is 8.01. The summed E-state index contributed by atoms with van der Waals surface area (Å²) in [5, 5.41) is 3.22. The summed E-state index contributed by atoms with van der Waals surface area (Å²) in [6.07, 6.45) is 2.20. The van der Waals surface area contributed by atoms with Crippen molar-refractivity contribution in [2.45, 2.75) is 32.7 Å². The number of amides is 1. The molecule has 1 aliphatic rings. The number of halogens is 1. The molecule has 1 atom stereocenters. The summed E-state index contributed by atoms with van der Waals surface area (Å²) in [5.74, 6) is 0.602. The molecule has 22 heavy (non-hydrogen) atoms. The SMILES string of the molecule is CCC(CC)[C@@H](CNC(=O)c1ccc(Cl)o1)N1CCOCC1. The molecule has 1 amide bonds. The normalized spacial score (nSPS) is 17.6. The van der Waals surface area contributed by atoms with Gasteiger partial charge in [-0.05, 0) is 29.7 Å². The topological polar surface area (TPSA) is 54.7 Å². The molecule has 124 valence electrons. The van der Waals surface area contributed by atoms with Crippen LogP contribution in [0.1, 0.15) is 37.2 Å². The van der Waals surface area contributed by atoms with Crippen molar-refractivity contribution in [2.75, 3.05) is 32.8 Å². The van der Waals surface area contributed by atoms with Crippen molar-refractivity contribution in [1.82, 2.24) is 10.2 Å². The zero-order valence-corrected chi connectivity index (χ0v) is 14.1. The van der Waals surface area contributed by atoms with Crippen LogP contribution < -0.4 is 5.32 Å². The number of nitrogens with zero attached hydrogens (tertiary/aromatic N) is 1. The third-order valence-corrected chi connectivity index (χ3v) is 4.58. The van der Waals surface area contributed by atoms with E-state index >= 15 is 0 Å².